The molecule has 0 spiro atoms. The molecule has 0 bridgehead atoms. The van der Waals surface area contributed by atoms with Crippen molar-refractivity contribution < 1.29 is 0 Å². The molecule has 1 fully saturated rings. The maximum atomic E-state index is 5.77. The SMILES string of the molecule is CCCCC(CN)N1CC(CC)C1. The standard InChI is InChI=1S/C11H24N2/c1-3-5-6-11(7-12)13-8-10(4-2)9-13/h10-11H,3-9,12H2,1-2H3. The zero-order chi connectivity index (χ0) is 9.68. The first-order valence-corrected chi connectivity index (χ1v) is 5.75. The molecular formula is C11H24N2. The van der Waals surface area contributed by atoms with Crippen LogP contribution < -0.4 is 5.73 Å². The molecule has 0 radical (unpaired) electrons. The summed E-state index contributed by atoms with van der Waals surface area (Å²) in [6, 6.07) is 0.669. The molecule has 0 amide bonds. The Balaban J connectivity index is 2.17. The zero-order valence-electron chi connectivity index (χ0n) is 9.13. The molecule has 1 aliphatic rings. The summed E-state index contributed by atoms with van der Waals surface area (Å²) in [5.74, 6) is 0.954. The van der Waals surface area contributed by atoms with Gasteiger partial charge in [-0.25, -0.2) is 0 Å². The second-order valence-corrected chi connectivity index (χ2v) is 4.26. The van der Waals surface area contributed by atoms with Gasteiger partial charge in [-0.1, -0.05) is 33.1 Å². The molecule has 13 heavy (non-hydrogen) atoms. The van der Waals surface area contributed by atoms with Gasteiger partial charge in [0.25, 0.3) is 0 Å². The van der Waals surface area contributed by atoms with Crippen molar-refractivity contribution >= 4 is 0 Å². The molecule has 1 heterocycles. The largest absolute Gasteiger partial charge is 0.329 e. The number of hydrogen-bond donors (Lipinski definition) is 1. The number of unbranched alkanes of at least 4 members (excludes halogenated alkanes) is 1. The molecule has 2 heteroatoms. The fourth-order valence-electron chi connectivity index (χ4n) is 2.06. The summed E-state index contributed by atoms with van der Waals surface area (Å²) in [5, 5.41) is 0. The molecule has 2 N–H and O–H groups in total. The molecule has 0 saturated carbocycles. The van der Waals surface area contributed by atoms with E-state index in [-0.39, 0.29) is 0 Å². The normalized spacial score (nSPS) is 21.5. The van der Waals surface area contributed by atoms with Crippen molar-refractivity contribution in [3.63, 3.8) is 0 Å². The van der Waals surface area contributed by atoms with E-state index in [1.54, 1.807) is 0 Å². The van der Waals surface area contributed by atoms with Crippen molar-refractivity contribution in [3.05, 3.63) is 0 Å². The fraction of sp³-hybridized carbons (Fsp3) is 1.00. The fourth-order valence-corrected chi connectivity index (χ4v) is 2.06. The number of nitrogens with two attached hydrogens (primary N) is 1. The van der Waals surface area contributed by atoms with Gasteiger partial charge >= 0.3 is 0 Å². The molecule has 2 nitrogen and oxygen atoms in total. The van der Waals surface area contributed by atoms with Gasteiger partial charge in [-0.05, 0) is 12.3 Å². The Morgan fingerprint density at radius 1 is 1.38 bits per heavy atom. The molecular weight excluding hydrogens is 160 g/mol. The average molecular weight is 184 g/mol. The smallest absolute Gasteiger partial charge is 0.0218 e. The van der Waals surface area contributed by atoms with Crippen molar-refractivity contribution in [2.45, 2.75) is 45.6 Å². The van der Waals surface area contributed by atoms with Crippen LogP contribution in [0.3, 0.4) is 0 Å². The Morgan fingerprint density at radius 2 is 2.08 bits per heavy atom. The minimum Gasteiger partial charge on any atom is -0.329 e. The van der Waals surface area contributed by atoms with Crippen molar-refractivity contribution in [1.82, 2.24) is 4.90 Å². The van der Waals surface area contributed by atoms with Crippen LogP contribution in [-0.4, -0.2) is 30.6 Å². The Kier molecular flexibility index (Phi) is 4.74. The number of hydrogen-bond acceptors (Lipinski definition) is 2. The van der Waals surface area contributed by atoms with Crippen molar-refractivity contribution in [3.8, 4) is 0 Å². The van der Waals surface area contributed by atoms with E-state index in [0.29, 0.717) is 6.04 Å². The summed E-state index contributed by atoms with van der Waals surface area (Å²) in [6.07, 6.45) is 5.25. The van der Waals surface area contributed by atoms with Crippen LogP contribution in [-0.2, 0) is 0 Å². The Hall–Kier alpha value is -0.0800. The topological polar surface area (TPSA) is 29.3 Å². The van der Waals surface area contributed by atoms with Crippen LogP contribution in [0.4, 0.5) is 0 Å². The summed E-state index contributed by atoms with van der Waals surface area (Å²) in [4.78, 5) is 2.56. The average Bonchev–Trinajstić information content (AvgIpc) is 2.08. The highest BCUT2D eigenvalue weighted by Crippen LogP contribution is 2.22. The molecule has 78 valence electrons. The molecule has 1 saturated heterocycles. The van der Waals surface area contributed by atoms with E-state index in [0.717, 1.165) is 12.5 Å². The monoisotopic (exact) mass is 184 g/mol. The number of rotatable bonds is 6. The highest BCUT2D eigenvalue weighted by Gasteiger charge is 2.29. The lowest BCUT2D eigenvalue weighted by Gasteiger charge is -2.44. The predicted molar refractivity (Wildman–Crippen MR) is 57.7 cm³/mol. The van der Waals surface area contributed by atoms with Gasteiger partial charge in [0.2, 0.25) is 0 Å². The molecule has 1 unspecified atom stereocenters. The van der Waals surface area contributed by atoms with Gasteiger partial charge in [0.15, 0.2) is 0 Å². The molecule has 1 rings (SSSR count). The van der Waals surface area contributed by atoms with Gasteiger partial charge < -0.3 is 5.73 Å². The Morgan fingerprint density at radius 3 is 2.54 bits per heavy atom. The first-order valence-electron chi connectivity index (χ1n) is 5.75. The third kappa shape index (κ3) is 2.96. The van der Waals surface area contributed by atoms with E-state index in [1.165, 1.54) is 38.8 Å². The van der Waals surface area contributed by atoms with E-state index in [4.69, 9.17) is 5.73 Å². The van der Waals surface area contributed by atoms with Crippen LogP contribution >= 0.6 is 0 Å². The maximum absolute atomic E-state index is 5.77. The molecule has 0 aromatic rings. The third-order valence-corrected chi connectivity index (χ3v) is 3.24. The molecule has 0 aromatic heterocycles. The summed E-state index contributed by atoms with van der Waals surface area (Å²) in [6.45, 7) is 7.96. The number of likely N-dealkylation sites (tertiary alicyclic amines) is 1. The predicted octanol–water partition coefficient (Wildman–Crippen LogP) is 1.85. The van der Waals surface area contributed by atoms with E-state index in [1.807, 2.05) is 0 Å². The number of nitrogens with zero attached hydrogens (tertiary/aromatic N) is 1. The van der Waals surface area contributed by atoms with E-state index >= 15 is 0 Å². The highest BCUT2D eigenvalue weighted by molar-refractivity contribution is 4.85. The Labute approximate surface area is 82.5 Å². The van der Waals surface area contributed by atoms with Crippen LogP contribution in [0.15, 0.2) is 0 Å². The lowest BCUT2D eigenvalue weighted by molar-refractivity contribution is 0.0492. The van der Waals surface area contributed by atoms with Gasteiger partial charge in [0.1, 0.15) is 0 Å². The first-order chi connectivity index (χ1) is 6.31. The maximum Gasteiger partial charge on any atom is 0.0218 e. The van der Waals surface area contributed by atoms with Crippen LogP contribution in [0.2, 0.25) is 0 Å². The van der Waals surface area contributed by atoms with E-state index in [9.17, 15) is 0 Å². The summed E-state index contributed by atoms with van der Waals surface area (Å²) in [5.41, 5.74) is 5.77. The highest BCUT2D eigenvalue weighted by atomic mass is 15.2. The minimum atomic E-state index is 0.669. The van der Waals surface area contributed by atoms with Crippen molar-refractivity contribution in [2.75, 3.05) is 19.6 Å². The summed E-state index contributed by atoms with van der Waals surface area (Å²) < 4.78 is 0. The zero-order valence-corrected chi connectivity index (χ0v) is 9.13. The Bertz CT molecular complexity index is 130. The van der Waals surface area contributed by atoms with Crippen LogP contribution in [0.25, 0.3) is 0 Å². The van der Waals surface area contributed by atoms with Gasteiger partial charge in [-0.2, -0.15) is 0 Å². The first kappa shape index (κ1) is 11.0. The minimum absolute atomic E-state index is 0.669. The van der Waals surface area contributed by atoms with E-state index in [2.05, 4.69) is 18.7 Å². The summed E-state index contributed by atoms with van der Waals surface area (Å²) in [7, 11) is 0. The lowest BCUT2D eigenvalue weighted by atomic mass is 9.93. The lowest BCUT2D eigenvalue weighted by Crippen LogP contribution is -2.54. The van der Waals surface area contributed by atoms with Crippen LogP contribution in [0, 0.1) is 5.92 Å². The van der Waals surface area contributed by atoms with Gasteiger partial charge in [-0.15, -0.1) is 0 Å². The van der Waals surface area contributed by atoms with Gasteiger partial charge in [-0.3, -0.25) is 4.90 Å². The van der Waals surface area contributed by atoms with Crippen LogP contribution in [0.5, 0.6) is 0 Å². The van der Waals surface area contributed by atoms with Crippen LogP contribution in [0.1, 0.15) is 39.5 Å². The second kappa shape index (κ2) is 5.61. The second-order valence-electron chi connectivity index (χ2n) is 4.26. The van der Waals surface area contributed by atoms with Gasteiger partial charge in [0, 0.05) is 25.7 Å². The molecule has 1 atom stereocenters. The third-order valence-electron chi connectivity index (χ3n) is 3.24. The molecule has 0 aliphatic carbocycles. The molecule has 0 aromatic carbocycles. The van der Waals surface area contributed by atoms with Crippen molar-refractivity contribution in [1.29, 1.82) is 0 Å². The van der Waals surface area contributed by atoms with Gasteiger partial charge in [0.05, 0.1) is 0 Å². The molecule has 1 aliphatic heterocycles. The summed E-state index contributed by atoms with van der Waals surface area (Å²) >= 11 is 0. The van der Waals surface area contributed by atoms with Crippen molar-refractivity contribution in [2.24, 2.45) is 11.7 Å². The quantitative estimate of drug-likeness (QED) is 0.682. The van der Waals surface area contributed by atoms with E-state index < -0.39 is 0 Å².